The van der Waals surface area contributed by atoms with Crippen LogP contribution in [0.25, 0.3) is 0 Å². The van der Waals surface area contributed by atoms with E-state index in [1.54, 1.807) is 24.8 Å². The van der Waals surface area contributed by atoms with Crippen molar-refractivity contribution in [2.45, 2.75) is 25.9 Å². The van der Waals surface area contributed by atoms with Crippen molar-refractivity contribution in [3.8, 4) is 0 Å². The Balaban J connectivity index is 1.29. The van der Waals surface area contributed by atoms with Crippen LogP contribution in [0, 0.1) is 5.92 Å². The number of imidazole rings is 1. The van der Waals surface area contributed by atoms with Crippen LogP contribution >= 0.6 is 0 Å². The van der Waals surface area contributed by atoms with Gasteiger partial charge in [-0.2, -0.15) is 0 Å². The van der Waals surface area contributed by atoms with Crippen molar-refractivity contribution >= 4 is 11.7 Å². The molecule has 1 N–H and O–H groups in total. The zero-order valence-electron chi connectivity index (χ0n) is 15.7. The zero-order chi connectivity index (χ0) is 19.2. The summed E-state index contributed by atoms with van der Waals surface area (Å²) in [5, 5.41) is 3.09. The molecule has 1 aromatic carbocycles. The van der Waals surface area contributed by atoms with Crippen molar-refractivity contribution in [1.29, 1.82) is 0 Å². The first-order valence-electron chi connectivity index (χ1n) is 9.60. The van der Waals surface area contributed by atoms with Gasteiger partial charge in [0.05, 0.1) is 18.4 Å². The number of rotatable bonds is 6. The Kier molecular flexibility index (Phi) is 5.61. The Bertz CT molecular complexity index is 879. The molecule has 0 bridgehead atoms. The summed E-state index contributed by atoms with van der Waals surface area (Å²) in [7, 11) is 0. The average molecular weight is 376 g/mol. The van der Waals surface area contributed by atoms with E-state index < -0.39 is 0 Å². The largest absolute Gasteiger partial charge is 0.355 e. The van der Waals surface area contributed by atoms with Gasteiger partial charge in [-0.1, -0.05) is 24.3 Å². The predicted octanol–water partition coefficient (Wildman–Crippen LogP) is 2.25. The van der Waals surface area contributed by atoms with E-state index >= 15 is 0 Å². The van der Waals surface area contributed by atoms with E-state index in [0.717, 1.165) is 37.3 Å². The summed E-state index contributed by atoms with van der Waals surface area (Å²) < 4.78 is 2.03. The number of nitrogens with one attached hydrogen (secondary N) is 1. The maximum Gasteiger partial charge on any atom is 0.225 e. The monoisotopic (exact) mass is 376 g/mol. The Morgan fingerprint density at radius 2 is 1.96 bits per heavy atom. The third-order valence-electron chi connectivity index (χ3n) is 5.08. The molecule has 2 aromatic heterocycles. The molecule has 144 valence electrons. The molecule has 1 atom stereocenters. The quantitative estimate of drug-likeness (QED) is 0.714. The van der Waals surface area contributed by atoms with Gasteiger partial charge in [0.2, 0.25) is 5.91 Å². The van der Waals surface area contributed by atoms with Crippen LogP contribution in [0.4, 0.5) is 5.82 Å². The summed E-state index contributed by atoms with van der Waals surface area (Å²) in [6, 6.07) is 8.33. The summed E-state index contributed by atoms with van der Waals surface area (Å²) in [6.07, 6.45) is 12.5. The summed E-state index contributed by atoms with van der Waals surface area (Å²) in [5.74, 6) is 0.931. The van der Waals surface area contributed by atoms with Crippen molar-refractivity contribution in [3.63, 3.8) is 0 Å². The van der Waals surface area contributed by atoms with Crippen LogP contribution in [0.1, 0.15) is 24.0 Å². The lowest BCUT2D eigenvalue weighted by molar-refractivity contribution is -0.125. The van der Waals surface area contributed by atoms with E-state index in [2.05, 4.69) is 49.4 Å². The van der Waals surface area contributed by atoms with Crippen LogP contribution in [0.2, 0.25) is 0 Å². The van der Waals surface area contributed by atoms with Gasteiger partial charge in [0.25, 0.3) is 0 Å². The van der Waals surface area contributed by atoms with Gasteiger partial charge in [0.15, 0.2) is 0 Å². The minimum atomic E-state index is -0.0173. The van der Waals surface area contributed by atoms with Gasteiger partial charge in [0.1, 0.15) is 5.82 Å². The summed E-state index contributed by atoms with van der Waals surface area (Å²) >= 11 is 0. The van der Waals surface area contributed by atoms with Gasteiger partial charge < -0.3 is 14.8 Å². The highest BCUT2D eigenvalue weighted by Gasteiger charge is 2.26. The molecule has 1 aliphatic heterocycles. The molecule has 3 aromatic rings. The zero-order valence-corrected chi connectivity index (χ0v) is 15.7. The first kappa shape index (κ1) is 18.2. The highest BCUT2D eigenvalue weighted by molar-refractivity contribution is 5.79. The molecule has 0 spiro atoms. The fourth-order valence-electron chi connectivity index (χ4n) is 3.54. The number of piperidine rings is 1. The highest BCUT2D eigenvalue weighted by atomic mass is 16.1. The smallest absolute Gasteiger partial charge is 0.225 e. The Morgan fingerprint density at radius 3 is 2.71 bits per heavy atom. The third-order valence-corrected chi connectivity index (χ3v) is 5.08. The van der Waals surface area contributed by atoms with Crippen molar-refractivity contribution in [3.05, 3.63) is 72.7 Å². The van der Waals surface area contributed by atoms with Crippen LogP contribution in [0.15, 0.2) is 61.6 Å². The second-order valence-corrected chi connectivity index (χ2v) is 7.12. The van der Waals surface area contributed by atoms with Gasteiger partial charge >= 0.3 is 0 Å². The second kappa shape index (κ2) is 8.65. The van der Waals surface area contributed by atoms with Crippen LogP contribution in [0.5, 0.6) is 0 Å². The number of aromatic nitrogens is 4. The SMILES string of the molecule is O=C(NCc1ccc(Cn2ccnc2)cc1)[C@@H]1CCCN(c2cnccn2)C1. The normalized spacial score (nSPS) is 16.7. The maximum atomic E-state index is 12.6. The van der Waals surface area contributed by atoms with Crippen molar-refractivity contribution < 1.29 is 4.79 Å². The van der Waals surface area contributed by atoms with Gasteiger partial charge in [0, 0.05) is 51.0 Å². The summed E-state index contributed by atoms with van der Waals surface area (Å²) in [5.41, 5.74) is 2.31. The lowest BCUT2D eigenvalue weighted by Gasteiger charge is -2.32. The van der Waals surface area contributed by atoms with Gasteiger partial charge in [-0.3, -0.25) is 9.78 Å². The standard InChI is InChI=1S/C21H24N6O/c28-21(19-2-1-10-27(15-19)20-13-22-7-8-24-20)25-12-17-3-5-18(6-4-17)14-26-11-9-23-16-26/h3-9,11,13,16,19H,1-2,10,12,14-15H2,(H,25,28)/t19-/m1/s1. The minimum absolute atomic E-state index is 0.0173. The van der Waals surface area contributed by atoms with E-state index in [0.29, 0.717) is 13.1 Å². The van der Waals surface area contributed by atoms with Crippen molar-refractivity contribution in [1.82, 2.24) is 24.8 Å². The molecule has 1 fully saturated rings. The average Bonchev–Trinajstić information content (AvgIpc) is 3.27. The molecule has 7 nitrogen and oxygen atoms in total. The summed E-state index contributed by atoms with van der Waals surface area (Å²) in [6.45, 7) is 2.95. The second-order valence-electron chi connectivity index (χ2n) is 7.12. The topological polar surface area (TPSA) is 75.9 Å². The molecule has 4 rings (SSSR count). The molecule has 0 unspecified atom stereocenters. The molecule has 0 radical (unpaired) electrons. The lowest BCUT2D eigenvalue weighted by atomic mass is 9.97. The first-order valence-corrected chi connectivity index (χ1v) is 9.60. The molecule has 1 saturated heterocycles. The molecule has 3 heterocycles. The van der Waals surface area contributed by atoms with Crippen molar-refractivity contribution in [2.75, 3.05) is 18.0 Å². The Hall–Kier alpha value is -3.22. The molecule has 1 amide bonds. The Labute approximate surface area is 164 Å². The maximum absolute atomic E-state index is 12.6. The minimum Gasteiger partial charge on any atom is -0.355 e. The number of hydrogen-bond acceptors (Lipinski definition) is 5. The van der Waals surface area contributed by atoms with E-state index in [1.165, 1.54) is 5.56 Å². The number of amides is 1. The molecule has 1 aliphatic rings. The number of benzene rings is 1. The Morgan fingerprint density at radius 1 is 1.11 bits per heavy atom. The van der Waals surface area contributed by atoms with E-state index in [4.69, 9.17) is 0 Å². The number of carbonyl (C=O) groups is 1. The van der Waals surface area contributed by atoms with Crippen molar-refractivity contribution in [2.24, 2.45) is 5.92 Å². The highest BCUT2D eigenvalue weighted by Crippen LogP contribution is 2.21. The molecular formula is C21H24N6O. The molecule has 28 heavy (non-hydrogen) atoms. The van der Waals surface area contributed by atoms with Gasteiger partial charge in [-0.25, -0.2) is 9.97 Å². The summed E-state index contributed by atoms with van der Waals surface area (Å²) in [4.78, 5) is 27.3. The van der Waals surface area contributed by atoms with Crippen LogP contribution in [0.3, 0.4) is 0 Å². The van der Waals surface area contributed by atoms with Gasteiger partial charge in [-0.15, -0.1) is 0 Å². The van der Waals surface area contributed by atoms with Crippen LogP contribution in [-0.4, -0.2) is 38.5 Å². The molecule has 0 saturated carbocycles. The predicted molar refractivity (Wildman–Crippen MR) is 107 cm³/mol. The number of hydrogen-bond donors (Lipinski definition) is 1. The lowest BCUT2D eigenvalue weighted by Crippen LogP contribution is -2.43. The first-order chi connectivity index (χ1) is 13.8. The third kappa shape index (κ3) is 4.54. The van der Waals surface area contributed by atoms with E-state index in [1.807, 2.05) is 17.1 Å². The number of nitrogens with zero attached hydrogens (tertiary/aromatic N) is 5. The fraction of sp³-hybridized carbons (Fsp3) is 0.333. The van der Waals surface area contributed by atoms with Crippen LogP contribution < -0.4 is 10.2 Å². The number of carbonyl (C=O) groups excluding carboxylic acids is 1. The van der Waals surface area contributed by atoms with E-state index in [-0.39, 0.29) is 11.8 Å². The fourth-order valence-corrected chi connectivity index (χ4v) is 3.54. The van der Waals surface area contributed by atoms with Gasteiger partial charge in [-0.05, 0) is 24.0 Å². The van der Waals surface area contributed by atoms with E-state index in [9.17, 15) is 4.79 Å². The number of anilines is 1. The molecule has 0 aliphatic carbocycles. The molecule has 7 heteroatoms. The van der Waals surface area contributed by atoms with Crippen LogP contribution in [-0.2, 0) is 17.9 Å². The molecular weight excluding hydrogens is 352 g/mol.